The number of rotatable bonds is 0. The monoisotopic (exact) mass is 356 g/mol. The lowest BCUT2D eigenvalue weighted by Gasteiger charge is -1.95. The highest BCUT2D eigenvalue weighted by Gasteiger charge is 2.04. The molecule has 0 radical (unpaired) electrons. The summed E-state index contributed by atoms with van der Waals surface area (Å²) in [6.07, 6.45) is 0. The molecule has 0 aliphatic carbocycles. The van der Waals surface area contributed by atoms with Crippen molar-refractivity contribution in [3.05, 3.63) is 88.4 Å². The van der Waals surface area contributed by atoms with Crippen molar-refractivity contribution in [2.24, 2.45) is 13.3 Å². The van der Waals surface area contributed by atoms with Crippen LogP contribution in [0.15, 0.2) is 67.7 Å². The van der Waals surface area contributed by atoms with E-state index in [1.807, 2.05) is 0 Å². The van der Waals surface area contributed by atoms with E-state index in [-0.39, 0.29) is 20.6 Å². The van der Waals surface area contributed by atoms with Gasteiger partial charge in [0.05, 0.1) is 0 Å². The van der Waals surface area contributed by atoms with Crippen molar-refractivity contribution in [3.8, 4) is 0 Å². The summed E-state index contributed by atoms with van der Waals surface area (Å²) in [6, 6.07) is 12.7. The maximum Gasteiger partial charge on any atom is 0.206 e. The van der Waals surface area contributed by atoms with Gasteiger partial charge in [0.25, 0.3) is 0 Å². The molecule has 0 unspecified atom stereocenters. The Morgan fingerprint density at radius 2 is 0.792 bits per heavy atom. The summed E-state index contributed by atoms with van der Waals surface area (Å²) in [6.45, 7) is 3.23. The van der Waals surface area contributed by atoms with E-state index >= 15 is 0 Å². The van der Waals surface area contributed by atoms with E-state index in [4.69, 9.17) is 0 Å². The highest BCUT2D eigenvalue weighted by molar-refractivity contribution is 7.46. The summed E-state index contributed by atoms with van der Waals surface area (Å²) in [5.74, 6) is 0. The van der Waals surface area contributed by atoms with Gasteiger partial charge in [-0.2, -0.15) is 0 Å². The van der Waals surface area contributed by atoms with Gasteiger partial charge in [-0.1, -0.05) is 36.4 Å². The number of benzene rings is 2. The summed E-state index contributed by atoms with van der Waals surface area (Å²) in [4.78, 5) is 50.5. The van der Waals surface area contributed by atoms with Crippen molar-refractivity contribution in [2.45, 2.75) is 0 Å². The predicted molar refractivity (Wildman–Crippen MR) is 103 cm³/mol. The minimum absolute atomic E-state index is 0.262. The summed E-state index contributed by atoms with van der Waals surface area (Å²) in [5.41, 5.74) is 0. The molecule has 1 aromatic heterocycles. The fourth-order valence-electron chi connectivity index (χ4n) is 2.53. The summed E-state index contributed by atoms with van der Waals surface area (Å²) < 4.78 is 0. The lowest BCUT2D eigenvalue weighted by molar-refractivity contribution is 1.73. The van der Waals surface area contributed by atoms with Crippen LogP contribution in [0.25, 0.3) is 21.5 Å². The van der Waals surface area contributed by atoms with Gasteiger partial charge in [0, 0.05) is 21.5 Å². The number of fused-ring (bicyclic) bond motifs is 4. The Labute approximate surface area is 138 Å². The topological polar surface area (TPSA) is 68.3 Å². The van der Waals surface area contributed by atoms with Gasteiger partial charge in [0.1, 0.15) is 0 Å². The van der Waals surface area contributed by atoms with Crippen LogP contribution in [0.2, 0.25) is 0 Å². The Kier molecular flexibility index (Phi) is 4.36. The van der Waals surface area contributed by atoms with Gasteiger partial charge in [-0.05, 0) is 40.5 Å². The third-order valence-corrected chi connectivity index (χ3v) is 7.40. The predicted octanol–water partition coefficient (Wildman–Crippen LogP) is 3.04. The Morgan fingerprint density at radius 3 is 1.04 bits per heavy atom. The van der Waals surface area contributed by atoms with Crippen LogP contribution < -0.4 is 20.6 Å². The number of hydrogen-bond acceptors (Lipinski definition) is 4. The van der Waals surface area contributed by atoms with Crippen LogP contribution in [-0.4, -0.2) is 0 Å². The molecule has 4 nitrogen and oxygen atoms in total. The molecule has 120 valence electrons. The second kappa shape index (κ2) is 6.32. The zero-order valence-electron chi connectivity index (χ0n) is 13.1. The molecule has 0 spiro atoms. The third kappa shape index (κ3) is 2.80. The fraction of sp³-hybridized carbons (Fsp3) is 0.111. The van der Waals surface area contributed by atoms with Crippen LogP contribution in [-0.2, 0) is 13.3 Å². The van der Waals surface area contributed by atoms with Crippen LogP contribution in [0.3, 0.4) is 0 Å². The Morgan fingerprint density at radius 1 is 0.542 bits per heavy atom. The van der Waals surface area contributed by atoms with Crippen molar-refractivity contribution in [2.75, 3.05) is 0 Å². The molecule has 0 aliphatic rings. The fourth-order valence-corrected chi connectivity index (χ4v) is 5.00. The van der Waals surface area contributed by atoms with Gasteiger partial charge >= 0.3 is 0 Å². The van der Waals surface area contributed by atoms with Crippen LogP contribution in [0, 0.1) is 0 Å². The maximum absolute atomic E-state index is 12.6. The van der Waals surface area contributed by atoms with Gasteiger partial charge in [-0.25, -0.2) is 0 Å². The van der Waals surface area contributed by atoms with Crippen LogP contribution >= 0.6 is 15.1 Å². The van der Waals surface area contributed by atoms with Gasteiger partial charge in [-0.15, -0.1) is 0 Å². The summed E-state index contributed by atoms with van der Waals surface area (Å²) in [5, 5.41) is 0.325. The Bertz CT molecular complexity index is 1070. The van der Waals surface area contributed by atoms with Crippen molar-refractivity contribution in [3.63, 3.8) is 0 Å². The lowest BCUT2D eigenvalue weighted by Crippen LogP contribution is -2.08. The van der Waals surface area contributed by atoms with E-state index < -0.39 is 15.1 Å². The second-order valence-electron chi connectivity index (χ2n) is 5.50. The standard InChI is InChI=1S/C18H14O4P2/c1-23-15(19)11-5-3-7-13(9-11)17(21)24(2)18(22)14-8-4-6-12(10-14)16(23)20/h3-10H,1-2H3. The van der Waals surface area contributed by atoms with Crippen molar-refractivity contribution < 1.29 is 0 Å². The van der Waals surface area contributed by atoms with E-state index in [2.05, 4.69) is 0 Å². The van der Waals surface area contributed by atoms with E-state index in [0.717, 1.165) is 0 Å². The molecule has 0 aliphatic heterocycles. The minimum atomic E-state index is -1.60. The smallest absolute Gasteiger partial charge is 0.206 e. The largest absolute Gasteiger partial charge is 0.285 e. The maximum atomic E-state index is 12.6. The average Bonchev–Trinajstić information content (AvgIpc) is 2.63. The Hall–Kier alpha value is -2.28. The van der Waals surface area contributed by atoms with Crippen molar-refractivity contribution in [1.29, 1.82) is 0 Å². The first-order chi connectivity index (χ1) is 11.4. The molecule has 3 rings (SSSR count). The molecular weight excluding hydrogens is 342 g/mol. The number of hydrogen-bond donors (Lipinski definition) is 0. The first-order valence-corrected chi connectivity index (χ1v) is 10.8. The zero-order chi connectivity index (χ0) is 17.4. The first kappa shape index (κ1) is 16.6. The molecule has 4 bridgehead atoms. The van der Waals surface area contributed by atoms with Crippen LogP contribution in [0.5, 0.6) is 0 Å². The highest BCUT2D eigenvalue weighted by Crippen LogP contribution is 2.14. The lowest BCUT2D eigenvalue weighted by atomic mass is 10.2. The van der Waals surface area contributed by atoms with E-state index in [9.17, 15) is 19.2 Å². The summed E-state index contributed by atoms with van der Waals surface area (Å²) >= 11 is 0. The first-order valence-electron chi connectivity index (χ1n) is 7.25. The molecule has 0 N–H and O–H groups in total. The van der Waals surface area contributed by atoms with Crippen molar-refractivity contribution >= 4 is 36.6 Å². The normalized spacial score (nSPS) is 12.2. The quantitative estimate of drug-likeness (QED) is 0.621. The molecule has 3 aromatic rings. The molecule has 6 heteroatoms. The molecule has 0 amide bonds. The minimum Gasteiger partial charge on any atom is -0.285 e. The molecule has 2 aromatic carbocycles. The van der Waals surface area contributed by atoms with Crippen LogP contribution in [0.4, 0.5) is 0 Å². The van der Waals surface area contributed by atoms with Gasteiger partial charge in [0.2, 0.25) is 20.6 Å². The van der Waals surface area contributed by atoms with Crippen LogP contribution in [0.1, 0.15) is 0 Å². The van der Waals surface area contributed by atoms with Gasteiger partial charge in [-0.3, -0.25) is 19.2 Å². The SMILES string of the molecule is Cp1c(=O)c2cccc(c2)c(=O)p(C)c(=O)c2cccc(c2)c1=O. The molecule has 0 fully saturated rings. The van der Waals surface area contributed by atoms with E-state index in [1.165, 1.54) is 12.1 Å². The molecule has 0 saturated carbocycles. The molecular formula is C18H14O4P2. The molecule has 1 heterocycles. The zero-order valence-corrected chi connectivity index (χ0v) is 14.9. The highest BCUT2D eigenvalue weighted by atomic mass is 31.1. The van der Waals surface area contributed by atoms with Crippen molar-refractivity contribution in [1.82, 2.24) is 0 Å². The van der Waals surface area contributed by atoms with E-state index in [0.29, 0.717) is 21.5 Å². The summed E-state index contributed by atoms with van der Waals surface area (Å²) in [7, 11) is -3.19. The molecule has 0 atom stereocenters. The molecule has 0 saturated heterocycles. The van der Waals surface area contributed by atoms with Gasteiger partial charge < -0.3 is 0 Å². The second-order valence-corrected chi connectivity index (χ2v) is 9.36. The van der Waals surface area contributed by atoms with E-state index in [1.54, 1.807) is 49.7 Å². The Balaban J connectivity index is 2.81. The average molecular weight is 356 g/mol. The third-order valence-electron chi connectivity index (χ3n) is 3.93. The van der Waals surface area contributed by atoms with Gasteiger partial charge in [0.15, 0.2) is 0 Å². The molecule has 24 heavy (non-hydrogen) atoms.